The van der Waals surface area contributed by atoms with E-state index < -0.39 is 34.1 Å². The van der Waals surface area contributed by atoms with Crippen LogP contribution in [0.1, 0.15) is 18.5 Å². The SMILES string of the molecule is CC(Nc1cc(F)cc([N+](=O)[O-])c1)c1cccc(F)c1F. The number of halogens is 3. The minimum absolute atomic E-state index is 0.0434. The fourth-order valence-corrected chi connectivity index (χ4v) is 1.95. The summed E-state index contributed by atoms with van der Waals surface area (Å²) < 4.78 is 40.1. The first kappa shape index (κ1) is 14.8. The number of hydrogen-bond acceptors (Lipinski definition) is 3. The second-order valence-electron chi connectivity index (χ2n) is 4.46. The van der Waals surface area contributed by atoms with Crippen molar-refractivity contribution in [2.75, 3.05) is 5.32 Å². The minimum atomic E-state index is -1.01. The van der Waals surface area contributed by atoms with Crippen LogP contribution in [-0.2, 0) is 0 Å². The molecule has 2 aromatic carbocycles. The topological polar surface area (TPSA) is 55.2 Å². The van der Waals surface area contributed by atoms with Gasteiger partial charge in [0.25, 0.3) is 5.69 Å². The Bertz CT molecular complexity index is 692. The second kappa shape index (κ2) is 5.82. The molecule has 0 saturated carbocycles. The molecular formula is C14H11F3N2O2. The first-order valence-corrected chi connectivity index (χ1v) is 6.04. The Morgan fingerprint density at radius 1 is 1.19 bits per heavy atom. The highest BCUT2D eigenvalue weighted by molar-refractivity contribution is 5.52. The van der Waals surface area contributed by atoms with Crippen molar-refractivity contribution in [3.8, 4) is 0 Å². The van der Waals surface area contributed by atoms with Crippen molar-refractivity contribution >= 4 is 11.4 Å². The van der Waals surface area contributed by atoms with Crippen molar-refractivity contribution in [3.05, 3.63) is 69.5 Å². The highest BCUT2D eigenvalue weighted by Crippen LogP contribution is 2.26. The lowest BCUT2D eigenvalue weighted by Crippen LogP contribution is -2.10. The van der Waals surface area contributed by atoms with E-state index in [-0.39, 0.29) is 11.3 Å². The minimum Gasteiger partial charge on any atom is -0.378 e. The maximum atomic E-state index is 13.6. The van der Waals surface area contributed by atoms with Crippen LogP contribution in [0.25, 0.3) is 0 Å². The van der Waals surface area contributed by atoms with Gasteiger partial charge in [-0.1, -0.05) is 12.1 Å². The van der Waals surface area contributed by atoms with Crippen LogP contribution in [0.4, 0.5) is 24.5 Å². The first-order valence-electron chi connectivity index (χ1n) is 6.04. The Kier molecular flexibility index (Phi) is 4.11. The summed E-state index contributed by atoms with van der Waals surface area (Å²) in [5, 5.41) is 13.4. The highest BCUT2D eigenvalue weighted by atomic mass is 19.2. The number of anilines is 1. The van der Waals surface area contributed by atoms with Gasteiger partial charge >= 0.3 is 0 Å². The third-order valence-corrected chi connectivity index (χ3v) is 2.92. The number of benzene rings is 2. The standard InChI is InChI=1S/C14H11F3N2O2/c1-8(12-3-2-4-13(16)14(12)17)18-10-5-9(15)6-11(7-10)19(20)21/h2-8,18H,1H3. The third-order valence-electron chi connectivity index (χ3n) is 2.92. The molecule has 1 N–H and O–H groups in total. The molecule has 0 aromatic heterocycles. The molecule has 0 spiro atoms. The zero-order chi connectivity index (χ0) is 15.6. The van der Waals surface area contributed by atoms with E-state index in [0.717, 1.165) is 24.3 Å². The monoisotopic (exact) mass is 296 g/mol. The molecule has 0 amide bonds. The smallest absolute Gasteiger partial charge is 0.274 e. The van der Waals surface area contributed by atoms with Gasteiger partial charge in [0.05, 0.1) is 17.0 Å². The van der Waals surface area contributed by atoms with E-state index in [4.69, 9.17) is 0 Å². The summed E-state index contributed by atoms with van der Waals surface area (Å²) in [5.74, 6) is -2.80. The number of rotatable bonds is 4. The fourth-order valence-electron chi connectivity index (χ4n) is 1.95. The van der Waals surface area contributed by atoms with Gasteiger partial charge in [0.15, 0.2) is 11.6 Å². The Morgan fingerprint density at radius 3 is 2.57 bits per heavy atom. The summed E-state index contributed by atoms with van der Waals surface area (Å²) in [5.41, 5.74) is -0.274. The summed E-state index contributed by atoms with van der Waals surface area (Å²) >= 11 is 0. The van der Waals surface area contributed by atoms with Gasteiger partial charge in [0.1, 0.15) is 5.82 Å². The van der Waals surface area contributed by atoms with E-state index in [1.165, 1.54) is 19.1 Å². The van der Waals surface area contributed by atoms with Gasteiger partial charge < -0.3 is 5.32 Å². The average Bonchev–Trinajstić information content (AvgIpc) is 2.41. The molecule has 2 aromatic rings. The van der Waals surface area contributed by atoms with Gasteiger partial charge in [0.2, 0.25) is 0 Å². The Hall–Kier alpha value is -2.57. The second-order valence-corrected chi connectivity index (χ2v) is 4.46. The van der Waals surface area contributed by atoms with Gasteiger partial charge in [-0.05, 0) is 19.1 Å². The lowest BCUT2D eigenvalue weighted by atomic mass is 10.1. The first-order chi connectivity index (χ1) is 9.88. The number of nitro groups is 1. The molecule has 1 atom stereocenters. The predicted octanol–water partition coefficient (Wildman–Crippen LogP) is 4.19. The van der Waals surface area contributed by atoms with E-state index in [9.17, 15) is 23.3 Å². The predicted molar refractivity (Wildman–Crippen MR) is 71.5 cm³/mol. The van der Waals surface area contributed by atoms with E-state index in [0.29, 0.717) is 0 Å². The van der Waals surface area contributed by atoms with Crippen LogP contribution < -0.4 is 5.32 Å². The van der Waals surface area contributed by atoms with E-state index in [2.05, 4.69) is 5.32 Å². The van der Waals surface area contributed by atoms with Gasteiger partial charge in [-0.15, -0.1) is 0 Å². The Morgan fingerprint density at radius 2 is 1.90 bits per heavy atom. The van der Waals surface area contributed by atoms with Crippen molar-refractivity contribution in [2.24, 2.45) is 0 Å². The summed E-state index contributed by atoms with van der Waals surface area (Å²) in [6.45, 7) is 1.54. The van der Waals surface area contributed by atoms with Crippen LogP contribution in [0.5, 0.6) is 0 Å². The van der Waals surface area contributed by atoms with Crippen LogP contribution in [-0.4, -0.2) is 4.92 Å². The average molecular weight is 296 g/mol. The van der Waals surface area contributed by atoms with Gasteiger partial charge in [0, 0.05) is 17.3 Å². The number of nitrogens with one attached hydrogen (secondary N) is 1. The quantitative estimate of drug-likeness (QED) is 0.680. The van der Waals surface area contributed by atoms with Crippen molar-refractivity contribution in [1.82, 2.24) is 0 Å². The lowest BCUT2D eigenvalue weighted by molar-refractivity contribution is -0.385. The number of nitro benzene ring substituents is 1. The number of hydrogen-bond donors (Lipinski definition) is 1. The van der Waals surface area contributed by atoms with Gasteiger partial charge in [-0.2, -0.15) is 0 Å². The van der Waals surface area contributed by atoms with Gasteiger partial charge in [-0.3, -0.25) is 10.1 Å². The molecule has 0 heterocycles. The molecule has 0 aliphatic rings. The molecule has 2 rings (SSSR count). The van der Waals surface area contributed by atoms with E-state index in [1.807, 2.05) is 0 Å². The van der Waals surface area contributed by atoms with Gasteiger partial charge in [-0.25, -0.2) is 13.2 Å². The molecule has 0 aliphatic carbocycles. The van der Waals surface area contributed by atoms with E-state index in [1.54, 1.807) is 0 Å². The van der Waals surface area contributed by atoms with Crippen molar-refractivity contribution in [3.63, 3.8) is 0 Å². The molecule has 0 fully saturated rings. The molecule has 0 aliphatic heterocycles. The summed E-state index contributed by atoms with van der Waals surface area (Å²) in [7, 11) is 0. The maximum absolute atomic E-state index is 13.6. The number of nitrogens with zero attached hydrogens (tertiary/aromatic N) is 1. The molecule has 7 heteroatoms. The Labute approximate surface area is 118 Å². The van der Waals surface area contributed by atoms with Crippen molar-refractivity contribution < 1.29 is 18.1 Å². The molecule has 0 saturated heterocycles. The molecular weight excluding hydrogens is 285 g/mol. The highest BCUT2D eigenvalue weighted by Gasteiger charge is 2.16. The van der Waals surface area contributed by atoms with Crippen LogP contribution >= 0.6 is 0 Å². The van der Waals surface area contributed by atoms with Crippen molar-refractivity contribution in [2.45, 2.75) is 13.0 Å². The maximum Gasteiger partial charge on any atom is 0.274 e. The van der Waals surface area contributed by atoms with Crippen LogP contribution in [0, 0.1) is 27.6 Å². The van der Waals surface area contributed by atoms with Crippen LogP contribution in [0.2, 0.25) is 0 Å². The molecule has 0 radical (unpaired) electrons. The molecule has 1 unspecified atom stereocenters. The zero-order valence-corrected chi connectivity index (χ0v) is 10.9. The largest absolute Gasteiger partial charge is 0.378 e. The molecule has 21 heavy (non-hydrogen) atoms. The molecule has 110 valence electrons. The fraction of sp³-hybridized carbons (Fsp3) is 0.143. The molecule has 0 bridgehead atoms. The number of non-ortho nitro benzene ring substituents is 1. The van der Waals surface area contributed by atoms with Crippen molar-refractivity contribution in [1.29, 1.82) is 0 Å². The third kappa shape index (κ3) is 3.31. The summed E-state index contributed by atoms with van der Waals surface area (Å²) in [6, 6.07) is 5.96. The lowest BCUT2D eigenvalue weighted by Gasteiger charge is -2.16. The van der Waals surface area contributed by atoms with E-state index >= 15 is 0 Å². The van der Waals surface area contributed by atoms with Crippen LogP contribution in [0.15, 0.2) is 36.4 Å². The zero-order valence-electron chi connectivity index (χ0n) is 10.9. The Balaban J connectivity index is 2.29. The summed E-state index contributed by atoms with van der Waals surface area (Å²) in [4.78, 5) is 9.93. The van der Waals surface area contributed by atoms with Crippen LogP contribution in [0.3, 0.4) is 0 Å². The summed E-state index contributed by atoms with van der Waals surface area (Å²) in [6.07, 6.45) is 0. The normalized spacial score (nSPS) is 12.0. The molecule has 4 nitrogen and oxygen atoms in total.